The van der Waals surface area contributed by atoms with E-state index < -0.39 is 10.2 Å². The van der Waals surface area contributed by atoms with Gasteiger partial charge in [-0.15, -0.1) is 0 Å². The quantitative estimate of drug-likeness (QED) is 0.776. The zero-order chi connectivity index (χ0) is 12.5. The van der Waals surface area contributed by atoms with Gasteiger partial charge in [0, 0.05) is 32.7 Å². The molecule has 100 valence electrons. The summed E-state index contributed by atoms with van der Waals surface area (Å²) in [4.78, 5) is 0. The van der Waals surface area contributed by atoms with Crippen molar-refractivity contribution in [3.05, 3.63) is 0 Å². The Balaban J connectivity index is 2.07. The summed E-state index contributed by atoms with van der Waals surface area (Å²) < 4.78 is 28.2. The molecule has 2 fully saturated rings. The fraction of sp³-hybridized carbons (Fsp3) is 1.00. The molecule has 0 amide bonds. The van der Waals surface area contributed by atoms with Gasteiger partial charge in [-0.3, -0.25) is 0 Å². The molecule has 17 heavy (non-hydrogen) atoms. The zero-order valence-electron chi connectivity index (χ0n) is 10.8. The highest BCUT2D eigenvalue weighted by Crippen LogP contribution is 2.31. The smallest absolute Gasteiger partial charge is 0.282 e. The van der Waals surface area contributed by atoms with Gasteiger partial charge in [0.15, 0.2) is 0 Å². The zero-order valence-corrected chi connectivity index (χ0v) is 11.6. The van der Waals surface area contributed by atoms with Crippen LogP contribution in [-0.2, 0) is 10.2 Å². The van der Waals surface area contributed by atoms with Gasteiger partial charge in [-0.05, 0) is 24.8 Å². The van der Waals surface area contributed by atoms with Gasteiger partial charge in [-0.2, -0.15) is 17.0 Å². The van der Waals surface area contributed by atoms with Gasteiger partial charge in [-0.1, -0.05) is 13.8 Å². The van der Waals surface area contributed by atoms with Crippen LogP contribution in [0.5, 0.6) is 0 Å². The molecule has 2 aliphatic heterocycles. The Morgan fingerprint density at radius 2 is 1.82 bits per heavy atom. The summed E-state index contributed by atoms with van der Waals surface area (Å²) in [6, 6.07) is 0. The molecular weight excluding hydrogens is 238 g/mol. The highest BCUT2D eigenvalue weighted by atomic mass is 32.2. The lowest BCUT2D eigenvalue weighted by Gasteiger charge is -2.27. The standard InChI is InChI=1S/C11H23N3O2S/c1-11(2)4-8-14(10-11)17(15,16)13-7-3-5-12-6-9-13/h12H,3-10H2,1-2H3. The Morgan fingerprint density at radius 3 is 2.47 bits per heavy atom. The highest BCUT2D eigenvalue weighted by Gasteiger charge is 2.38. The van der Waals surface area contributed by atoms with E-state index in [1.807, 2.05) is 0 Å². The second kappa shape index (κ2) is 4.84. The first-order valence-corrected chi connectivity index (χ1v) is 7.77. The van der Waals surface area contributed by atoms with Crippen LogP contribution in [0.1, 0.15) is 26.7 Å². The third kappa shape index (κ3) is 2.99. The summed E-state index contributed by atoms with van der Waals surface area (Å²) in [6.07, 6.45) is 1.86. The lowest BCUT2D eigenvalue weighted by atomic mass is 9.93. The molecule has 1 N–H and O–H groups in total. The monoisotopic (exact) mass is 261 g/mol. The predicted molar refractivity (Wildman–Crippen MR) is 68.0 cm³/mol. The van der Waals surface area contributed by atoms with E-state index in [1.54, 1.807) is 8.61 Å². The molecule has 0 aromatic rings. The number of hydrogen-bond donors (Lipinski definition) is 1. The molecule has 2 rings (SSSR count). The normalized spacial score (nSPS) is 28.1. The van der Waals surface area contributed by atoms with Crippen molar-refractivity contribution in [2.24, 2.45) is 5.41 Å². The van der Waals surface area contributed by atoms with Gasteiger partial charge in [0.1, 0.15) is 0 Å². The van der Waals surface area contributed by atoms with E-state index in [9.17, 15) is 8.42 Å². The topological polar surface area (TPSA) is 52.7 Å². The van der Waals surface area contributed by atoms with Crippen molar-refractivity contribution in [1.82, 2.24) is 13.9 Å². The molecule has 0 aliphatic carbocycles. The van der Waals surface area contributed by atoms with Gasteiger partial charge in [-0.25, -0.2) is 0 Å². The first-order valence-electron chi connectivity index (χ1n) is 6.38. The van der Waals surface area contributed by atoms with E-state index in [1.165, 1.54) is 0 Å². The summed E-state index contributed by atoms with van der Waals surface area (Å²) in [5.74, 6) is 0. The van der Waals surface area contributed by atoms with Crippen LogP contribution in [0.15, 0.2) is 0 Å². The summed E-state index contributed by atoms with van der Waals surface area (Å²) in [5, 5.41) is 3.23. The summed E-state index contributed by atoms with van der Waals surface area (Å²) in [6.45, 7) is 8.50. The number of hydrogen-bond acceptors (Lipinski definition) is 3. The van der Waals surface area contributed by atoms with Crippen molar-refractivity contribution in [3.8, 4) is 0 Å². The first kappa shape index (κ1) is 13.3. The molecule has 0 saturated carbocycles. The molecule has 0 spiro atoms. The van der Waals surface area contributed by atoms with E-state index >= 15 is 0 Å². The minimum absolute atomic E-state index is 0.122. The summed E-state index contributed by atoms with van der Waals surface area (Å²) in [7, 11) is -3.23. The van der Waals surface area contributed by atoms with Crippen molar-refractivity contribution in [2.75, 3.05) is 39.3 Å². The van der Waals surface area contributed by atoms with Crippen LogP contribution in [0.4, 0.5) is 0 Å². The van der Waals surface area contributed by atoms with Crippen molar-refractivity contribution in [1.29, 1.82) is 0 Å². The van der Waals surface area contributed by atoms with Crippen molar-refractivity contribution >= 4 is 10.2 Å². The Labute approximate surface area is 104 Å². The predicted octanol–water partition coefficient (Wildman–Crippen LogP) is 0.258. The molecule has 2 aliphatic rings. The van der Waals surface area contributed by atoms with Crippen LogP contribution in [0.25, 0.3) is 0 Å². The third-order valence-electron chi connectivity index (χ3n) is 3.59. The van der Waals surface area contributed by atoms with E-state index in [2.05, 4.69) is 19.2 Å². The fourth-order valence-electron chi connectivity index (χ4n) is 2.47. The molecule has 0 atom stereocenters. The second-order valence-electron chi connectivity index (χ2n) is 5.76. The fourth-order valence-corrected chi connectivity index (χ4v) is 4.32. The first-order chi connectivity index (χ1) is 7.92. The van der Waals surface area contributed by atoms with Gasteiger partial charge in [0.25, 0.3) is 10.2 Å². The van der Waals surface area contributed by atoms with Crippen LogP contribution in [-0.4, -0.2) is 56.3 Å². The van der Waals surface area contributed by atoms with E-state index in [-0.39, 0.29) is 5.41 Å². The molecule has 6 heteroatoms. The minimum atomic E-state index is -3.23. The van der Waals surface area contributed by atoms with Crippen LogP contribution in [0.3, 0.4) is 0 Å². The van der Waals surface area contributed by atoms with E-state index in [0.29, 0.717) is 26.2 Å². The Hall–Kier alpha value is -0.170. The van der Waals surface area contributed by atoms with Crippen LogP contribution < -0.4 is 5.32 Å². The van der Waals surface area contributed by atoms with Crippen LogP contribution >= 0.6 is 0 Å². The minimum Gasteiger partial charge on any atom is -0.315 e. The Kier molecular flexibility index (Phi) is 3.77. The number of rotatable bonds is 2. The maximum Gasteiger partial charge on any atom is 0.282 e. The second-order valence-corrected chi connectivity index (χ2v) is 7.69. The van der Waals surface area contributed by atoms with Crippen molar-refractivity contribution < 1.29 is 8.42 Å². The van der Waals surface area contributed by atoms with E-state index in [4.69, 9.17) is 0 Å². The largest absolute Gasteiger partial charge is 0.315 e. The molecule has 5 nitrogen and oxygen atoms in total. The van der Waals surface area contributed by atoms with Gasteiger partial charge in [0.05, 0.1) is 0 Å². The maximum absolute atomic E-state index is 12.5. The number of nitrogens with zero attached hydrogens (tertiary/aromatic N) is 2. The molecule has 0 unspecified atom stereocenters. The maximum atomic E-state index is 12.5. The molecular formula is C11H23N3O2S. The Bertz CT molecular complexity index is 348. The number of nitrogens with one attached hydrogen (secondary N) is 1. The SMILES string of the molecule is CC1(C)CCN(S(=O)(=O)N2CCCNCC2)C1. The molecule has 2 saturated heterocycles. The van der Waals surface area contributed by atoms with Crippen LogP contribution in [0.2, 0.25) is 0 Å². The molecule has 0 aromatic carbocycles. The van der Waals surface area contributed by atoms with Crippen LogP contribution in [0, 0.1) is 5.41 Å². The van der Waals surface area contributed by atoms with E-state index in [0.717, 1.165) is 25.9 Å². The third-order valence-corrected chi connectivity index (χ3v) is 5.58. The van der Waals surface area contributed by atoms with Gasteiger partial charge >= 0.3 is 0 Å². The van der Waals surface area contributed by atoms with Gasteiger partial charge < -0.3 is 5.32 Å². The lowest BCUT2D eigenvalue weighted by molar-refractivity contribution is 0.341. The average molecular weight is 261 g/mol. The van der Waals surface area contributed by atoms with Gasteiger partial charge in [0.2, 0.25) is 0 Å². The average Bonchev–Trinajstić information content (AvgIpc) is 2.51. The van der Waals surface area contributed by atoms with Crippen molar-refractivity contribution in [2.45, 2.75) is 26.7 Å². The molecule has 0 aromatic heterocycles. The highest BCUT2D eigenvalue weighted by molar-refractivity contribution is 7.86. The Morgan fingerprint density at radius 1 is 1.06 bits per heavy atom. The summed E-state index contributed by atoms with van der Waals surface area (Å²) >= 11 is 0. The lowest BCUT2D eigenvalue weighted by Crippen LogP contribution is -2.44. The van der Waals surface area contributed by atoms with Crippen molar-refractivity contribution in [3.63, 3.8) is 0 Å². The molecule has 2 heterocycles. The molecule has 0 radical (unpaired) electrons. The molecule has 0 bridgehead atoms. The summed E-state index contributed by atoms with van der Waals surface area (Å²) in [5.41, 5.74) is 0.122.